The molecule has 0 aliphatic heterocycles. The summed E-state index contributed by atoms with van der Waals surface area (Å²) in [6, 6.07) is 13.0. The van der Waals surface area contributed by atoms with Crippen LogP contribution in [0.15, 0.2) is 42.5 Å². The summed E-state index contributed by atoms with van der Waals surface area (Å²) in [6.45, 7) is 1.41. The van der Waals surface area contributed by atoms with Gasteiger partial charge < -0.3 is 19.5 Å². The van der Waals surface area contributed by atoms with Crippen LogP contribution in [0.4, 0.5) is 0 Å². The van der Waals surface area contributed by atoms with Crippen molar-refractivity contribution in [2.45, 2.75) is 12.5 Å². The third-order valence-electron chi connectivity index (χ3n) is 4.11. The maximum Gasteiger partial charge on any atom is 0.337 e. The monoisotopic (exact) mass is 377 g/mol. The summed E-state index contributed by atoms with van der Waals surface area (Å²) in [5.74, 6) is 0.297. The summed E-state index contributed by atoms with van der Waals surface area (Å²) in [5, 5.41) is 4.08. The van der Waals surface area contributed by atoms with E-state index in [2.05, 4.69) is 5.32 Å². The van der Waals surface area contributed by atoms with Crippen molar-refractivity contribution in [2.24, 2.45) is 0 Å². The summed E-state index contributed by atoms with van der Waals surface area (Å²) in [5.41, 5.74) is 2.53. The van der Waals surface area contributed by atoms with Gasteiger partial charge in [-0.05, 0) is 48.4 Å². The van der Waals surface area contributed by atoms with Crippen molar-refractivity contribution in [3.05, 3.63) is 64.2 Å². The number of hydrogen-bond donors (Lipinski definition) is 1. The van der Waals surface area contributed by atoms with Crippen molar-refractivity contribution in [1.82, 2.24) is 5.32 Å². The van der Waals surface area contributed by atoms with Gasteiger partial charge in [-0.25, -0.2) is 4.79 Å². The van der Waals surface area contributed by atoms with Crippen LogP contribution in [0.5, 0.6) is 5.75 Å². The molecule has 0 aromatic heterocycles. The van der Waals surface area contributed by atoms with Gasteiger partial charge in [0.25, 0.3) is 0 Å². The van der Waals surface area contributed by atoms with Gasteiger partial charge in [0.1, 0.15) is 5.75 Å². The Morgan fingerprint density at radius 3 is 2.62 bits per heavy atom. The molecule has 2 aromatic carbocycles. The fourth-order valence-electron chi connectivity index (χ4n) is 2.70. The molecule has 6 heteroatoms. The molecule has 0 aliphatic carbocycles. The summed E-state index contributed by atoms with van der Waals surface area (Å²) >= 11 is 6.04. The highest BCUT2D eigenvalue weighted by Gasteiger charge is 2.12. The first-order chi connectivity index (χ1) is 12.6. The Labute approximate surface area is 159 Å². The van der Waals surface area contributed by atoms with E-state index >= 15 is 0 Å². The maximum absolute atomic E-state index is 11.6. The first-order valence-corrected chi connectivity index (χ1v) is 8.71. The molecule has 0 spiro atoms. The van der Waals surface area contributed by atoms with E-state index in [1.165, 1.54) is 7.11 Å². The molecule has 1 unspecified atom stereocenters. The molecule has 0 bridgehead atoms. The van der Waals surface area contributed by atoms with E-state index < -0.39 is 0 Å². The highest BCUT2D eigenvalue weighted by molar-refractivity contribution is 6.30. The number of carbonyl (C=O) groups excluding carboxylic acids is 1. The molecule has 0 saturated carbocycles. The Morgan fingerprint density at radius 1 is 1.15 bits per heavy atom. The molecule has 1 atom stereocenters. The first kappa shape index (κ1) is 20.2. The average Bonchev–Trinajstić information content (AvgIpc) is 2.67. The van der Waals surface area contributed by atoms with E-state index in [4.69, 9.17) is 25.8 Å². The lowest BCUT2D eigenvalue weighted by molar-refractivity contribution is 0.0600. The summed E-state index contributed by atoms with van der Waals surface area (Å²) in [4.78, 5) is 11.6. The fraction of sp³-hybridized carbons (Fsp3) is 0.350. The van der Waals surface area contributed by atoms with Gasteiger partial charge in [0.15, 0.2) is 0 Å². The molecule has 5 nitrogen and oxygen atoms in total. The molecule has 1 N–H and O–H groups in total. The van der Waals surface area contributed by atoms with Gasteiger partial charge in [0, 0.05) is 18.7 Å². The first-order valence-electron chi connectivity index (χ1n) is 8.33. The van der Waals surface area contributed by atoms with Crippen LogP contribution in [0.2, 0.25) is 5.02 Å². The van der Waals surface area contributed by atoms with E-state index in [-0.39, 0.29) is 12.1 Å². The number of nitrogens with one attached hydrogen (secondary N) is 1. The van der Waals surface area contributed by atoms with E-state index in [1.807, 2.05) is 30.3 Å². The zero-order valence-electron chi connectivity index (χ0n) is 15.3. The second kappa shape index (κ2) is 10.2. The molecule has 26 heavy (non-hydrogen) atoms. The number of halogens is 1. The normalized spacial score (nSPS) is 11.8. The summed E-state index contributed by atoms with van der Waals surface area (Å²) in [7, 11) is 4.63. The lowest BCUT2D eigenvalue weighted by Gasteiger charge is -2.17. The van der Waals surface area contributed by atoms with Crippen LogP contribution < -0.4 is 10.1 Å². The van der Waals surface area contributed by atoms with E-state index in [0.717, 1.165) is 24.1 Å². The molecule has 0 heterocycles. The summed E-state index contributed by atoms with van der Waals surface area (Å²) < 4.78 is 15.7. The van der Waals surface area contributed by atoms with Crippen LogP contribution in [0.25, 0.3) is 0 Å². The number of methoxy groups -OCH3 is 3. The average molecular weight is 378 g/mol. The van der Waals surface area contributed by atoms with E-state index in [0.29, 0.717) is 22.9 Å². The van der Waals surface area contributed by atoms with Crippen molar-refractivity contribution in [2.75, 3.05) is 34.4 Å². The van der Waals surface area contributed by atoms with Crippen LogP contribution in [0, 0.1) is 0 Å². The largest absolute Gasteiger partial charge is 0.496 e. The molecular formula is C20H24ClNO4. The highest BCUT2D eigenvalue weighted by atomic mass is 35.5. The second-order valence-corrected chi connectivity index (χ2v) is 6.19. The number of benzene rings is 2. The van der Waals surface area contributed by atoms with Gasteiger partial charge >= 0.3 is 5.97 Å². The molecule has 0 aliphatic rings. The lowest BCUT2D eigenvalue weighted by Crippen LogP contribution is -2.25. The summed E-state index contributed by atoms with van der Waals surface area (Å²) in [6.07, 6.45) is 0.689. The minimum atomic E-state index is -0.377. The third kappa shape index (κ3) is 5.46. The van der Waals surface area contributed by atoms with E-state index in [9.17, 15) is 4.79 Å². The van der Waals surface area contributed by atoms with E-state index in [1.54, 1.807) is 26.4 Å². The minimum absolute atomic E-state index is 0.0719. The topological polar surface area (TPSA) is 56.8 Å². The van der Waals surface area contributed by atoms with Crippen LogP contribution >= 0.6 is 11.6 Å². The zero-order chi connectivity index (χ0) is 18.9. The number of esters is 1. The van der Waals surface area contributed by atoms with Gasteiger partial charge in [-0.2, -0.15) is 0 Å². The minimum Gasteiger partial charge on any atom is -0.496 e. The molecule has 140 valence electrons. The van der Waals surface area contributed by atoms with Gasteiger partial charge in [-0.1, -0.05) is 29.8 Å². The quantitative estimate of drug-likeness (QED) is 0.534. The highest BCUT2D eigenvalue weighted by Crippen LogP contribution is 2.22. The third-order valence-corrected chi connectivity index (χ3v) is 4.35. The predicted molar refractivity (Wildman–Crippen MR) is 102 cm³/mol. The van der Waals surface area contributed by atoms with Crippen LogP contribution in [0.1, 0.15) is 27.6 Å². The Kier molecular flexibility index (Phi) is 7.91. The number of rotatable bonds is 9. The van der Waals surface area contributed by atoms with Crippen molar-refractivity contribution in [3.63, 3.8) is 0 Å². The lowest BCUT2D eigenvalue weighted by atomic mass is 10.1. The standard InChI is InChI=1S/C20H24ClNO4/c1-24-18-12-16(20(23)26-3)8-7-14(18)9-10-22-13-19(25-2)15-5-4-6-17(21)11-15/h4-8,11-12,19,22H,9-10,13H2,1-3H3. The van der Waals surface area contributed by atoms with Crippen molar-refractivity contribution >= 4 is 17.6 Å². The van der Waals surface area contributed by atoms with Gasteiger partial charge in [-0.3, -0.25) is 0 Å². The van der Waals surface area contributed by atoms with Crippen molar-refractivity contribution in [3.8, 4) is 5.75 Å². The Morgan fingerprint density at radius 2 is 1.96 bits per heavy atom. The number of ether oxygens (including phenoxy) is 3. The number of hydrogen-bond acceptors (Lipinski definition) is 5. The Hall–Kier alpha value is -2.08. The van der Waals surface area contributed by atoms with Crippen molar-refractivity contribution in [1.29, 1.82) is 0 Å². The smallest absolute Gasteiger partial charge is 0.337 e. The maximum atomic E-state index is 11.6. The van der Waals surface area contributed by atoms with Crippen molar-refractivity contribution < 1.29 is 19.0 Å². The van der Waals surface area contributed by atoms with Crippen LogP contribution in [0.3, 0.4) is 0 Å². The molecule has 2 rings (SSSR count). The number of carbonyl (C=O) groups is 1. The van der Waals surface area contributed by atoms with Gasteiger partial charge in [0.2, 0.25) is 0 Å². The fourth-order valence-corrected chi connectivity index (χ4v) is 2.89. The molecule has 2 aromatic rings. The SMILES string of the molecule is COC(=O)c1ccc(CCNCC(OC)c2cccc(Cl)c2)c(OC)c1. The molecule has 0 amide bonds. The Bertz CT molecular complexity index is 736. The van der Waals surface area contributed by atoms with Crippen LogP contribution in [-0.2, 0) is 15.9 Å². The molecule has 0 fully saturated rings. The van der Waals surface area contributed by atoms with Gasteiger partial charge in [0.05, 0.1) is 25.9 Å². The molecule has 0 radical (unpaired) electrons. The van der Waals surface area contributed by atoms with Gasteiger partial charge in [-0.15, -0.1) is 0 Å². The second-order valence-electron chi connectivity index (χ2n) is 5.75. The Balaban J connectivity index is 1.91. The predicted octanol–water partition coefficient (Wildman–Crippen LogP) is 3.66. The molecule has 0 saturated heterocycles. The zero-order valence-corrected chi connectivity index (χ0v) is 16.0. The van der Waals surface area contributed by atoms with Crippen LogP contribution in [-0.4, -0.2) is 40.4 Å². The molecular weight excluding hydrogens is 354 g/mol.